The van der Waals surface area contributed by atoms with Gasteiger partial charge in [0.15, 0.2) is 10.8 Å². The number of pyridine rings is 1. The maximum Gasteiger partial charge on any atom is 0.349 e. The highest BCUT2D eigenvalue weighted by Gasteiger charge is 2.32. The lowest BCUT2D eigenvalue weighted by molar-refractivity contribution is 0.0970. The molecule has 3 aromatic rings. The molecule has 0 saturated heterocycles. The van der Waals surface area contributed by atoms with Gasteiger partial charge in [-0.1, -0.05) is 17.4 Å². The summed E-state index contributed by atoms with van der Waals surface area (Å²) in [6.45, 7) is 0. The van der Waals surface area contributed by atoms with Gasteiger partial charge in [0.1, 0.15) is 0 Å². The molecule has 0 bridgehead atoms. The minimum Gasteiger partial charge on any atom is -0.375 e. The zero-order valence-corrected chi connectivity index (χ0v) is 11.6. The first-order valence-electron chi connectivity index (χ1n) is 5.13. The van der Waals surface area contributed by atoms with E-state index < -0.39 is 5.38 Å². The van der Waals surface area contributed by atoms with Gasteiger partial charge >= 0.3 is 5.38 Å². The average Bonchev–Trinajstić information content (AvgIpc) is 2.92. The van der Waals surface area contributed by atoms with E-state index in [9.17, 15) is 8.78 Å². The van der Waals surface area contributed by atoms with Crippen LogP contribution in [0.2, 0.25) is 0 Å². The summed E-state index contributed by atoms with van der Waals surface area (Å²) in [5.74, 6) is 0. The highest BCUT2D eigenvalue weighted by atomic mass is 35.5. The van der Waals surface area contributed by atoms with Gasteiger partial charge in [-0.05, 0) is 29.1 Å². The van der Waals surface area contributed by atoms with Crippen LogP contribution in [0.5, 0.6) is 0 Å². The van der Waals surface area contributed by atoms with Crippen LogP contribution in [0.3, 0.4) is 0 Å². The molecular weight excluding hydrogens is 312 g/mol. The van der Waals surface area contributed by atoms with Crippen LogP contribution in [-0.4, -0.2) is 9.97 Å². The van der Waals surface area contributed by atoms with E-state index in [-0.39, 0.29) is 21.0 Å². The van der Waals surface area contributed by atoms with Crippen molar-refractivity contribution in [2.24, 2.45) is 0 Å². The van der Waals surface area contributed by atoms with Crippen molar-refractivity contribution in [2.75, 3.05) is 5.73 Å². The Bertz CT molecular complexity index is 734. The van der Waals surface area contributed by atoms with Crippen molar-refractivity contribution in [1.29, 1.82) is 0 Å². The summed E-state index contributed by atoms with van der Waals surface area (Å²) in [4.78, 5) is 8.98. The normalized spacial score (nSPS) is 12.2. The lowest BCUT2D eigenvalue weighted by Gasteiger charge is -2.09. The SMILES string of the molecule is Nc1nc2nc(-c3cccs3)cc(C(F)(F)Cl)c2s1. The Morgan fingerprint density at radius 1 is 1.32 bits per heavy atom. The van der Waals surface area contributed by atoms with Gasteiger partial charge in [-0.3, -0.25) is 0 Å². The summed E-state index contributed by atoms with van der Waals surface area (Å²) >= 11 is 7.52. The summed E-state index contributed by atoms with van der Waals surface area (Å²) < 4.78 is 27.2. The fraction of sp³-hybridized carbons (Fsp3) is 0.0909. The van der Waals surface area contributed by atoms with Crippen molar-refractivity contribution in [3.63, 3.8) is 0 Å². The quantitative estimate of drug-likeness (QED) is 0.717. The lowest BCUT2D eigenvalue weighted by Crippen LogP contribution is -2.04. The Morgan fingerprint density at radius 3 is 2.74 bits per heavy atom. The van der Waals surface area contributed by atoms with Crippen molar-refractivity contribution in [3.05, 3.63) is 29.1 Å². The van der Waals surface area contributed by atoms with Crippen LogP contribution in [0.25, 0.3) is 20.9 Å². The predicted octanol–water partition coefficient (Wildman–Crippen LogP) is 4.29. The molecule has 0 aliphatic rings. The molecule has 0 fully saturated rings. The van der Waals surface area contributed by atoms with E-state index in [1.165, 1.54) is 17.4 Å². The molecule has 8 heteroatoms. The highest BCUT2D eigenvalue weighted by Crippen LogP contribution is 2.41. The molecule has 0 aliphatic carbocycles. The predicted molar refractivity (Wildman–Crippen MR) is 74.9 cm³/mol. The molecule has 0 spiro atoms. The zero-order valence-electron chi connectivity index (χ0n) is 9.23. The smallest absolute Gasteiger partial charge is 0.349 e. The number of halogens is 3. The number of fused-ring (bicyclic) bond motifs is 1. The summed E-state index contributed by atoms with van der Waals surface area (Å²) in [5, 5.41) is -1.45. The molecule has 0 unspecified atom stereocenters. The van der Waals surface area contributed by atoms with E-state index in [1.807, 2.05) is 11.4 Å². The molecule has 0 aliphatic heterocycles. The van der Waals surface area contributed by atoms with Crippen LogP contribution in [-0.2, 0) is 5.38 Å². The van der Waals surface area contributed by atoms with Crippen LogP contribution in [0.4, 0.5) is 13.9 Å². The van der Waals surface area contributed by atoms with Gasteiger partial charge in [0.05, 0.1) is 20.8 Å². The maximum atomic E-state index is 13.5. The number of anilines is 1. The first-order chi connectivity index (χ1) is 8.95. The van der Waals surface area contributed by atoms with Crippen molar-refractivity contribution in [3.8, 4) is 10.6 Å². The fourth-order valence-electron chi connectivity index (χ4n) is 1.69. The Balaban J connectivity index is 2.32. The van der Waals surface area contributed by atoms with E-state index in [0.717, 1.165) is 16.2 Å². The molecule has 3 nitrogen and oxygen atoms in total. The molecule has 0 saturated carbocycles. The number of aromatic nitrogens is 2. The van der Waals surface area contributed by atoms with Crippen LogP contribution >= 0.6 is 34.3 Å². The highest BCUT2D eigenvalue weighted by molar-refractivity contribution is 7.22. The molecule has 98 valence electrons. The number of alkyl halides is 3. The summed E-state index contributed by atoms with van der Waals surface area (Å²) in [7, 11) is 0. The summed E-state index contributed by atoms with van der Waals surface area (Å²) in [5.41, 5.74) is 5.86. The number of nitrogens with zero attached hydrogens (tertiary/aromatic N) is 2. The molecule has 3 rings (SSSR count). The fourth-order valence-corrected chi connectivity index (χ4v) is 3.40. The third-order valence-electron chi connectivity index (χ3n) is 2.46. The van der Waals surface area contributed by atoms with E-state index in [0.29, 0.717) is 5.69 Å². The van der Waals surface area contributed by atoms with E-state index in [2.05, 4.69) is 9.97 Å². The number of nitrogens with two attached hydrogens (primary N) is 1. The first kappa shape index (κ1) is 12.7. The van der Waals surface area contributed by atoms with Crippen LogP contribution < -0.4 is 5.73 Å². The second kappa shape index (κ2) is 4.36. The molecule has 0 amide bonds. The van der Waals surface area contributed by atoms with E-state index >= 15 is 0 Å². The standard InChI is InChI=1S/C11H6ClF2N3S2/c12-11(13,14)5-4-6(7-2-1-3-18-7)16-9-8(5)19-10(15)17-9/h1-4H,(H2,15,16,17). The third-order valence-corrected chi connectivity index (χ3v) is 4.46. The van der Waals surface area contributed by atoms with Gasteiger partial charge in [0, 0.05) is 0 Å². The van der Waals surface area contributed by atoms with Crippen molar-refractivity contribution in [2.45, 2.75) is 5.38 Å². The van der Waals surface area contributed by atoms with E-state index in [4.69, 9.17) is 17.3 Å². The average molecular weight is 318 g/mol. The van der Waals surface area contributed by atoms with Crippen molar-refractivity contribution >= 4 is 49.8 Å². The van der Waals surface area contributed by atoms with Crippen LogP contribution in [0, 0.1) is 0 Å². The van der Waals surface area contributed by atoms with Gasteiger partial charge in [-0.25, -0.2) is 9.97 Å². The number of hydrogen-bond acceptors (Lipinski definition) is 5. The monoisotopic (exact) mass is 317 g/mol. The molecule has 3 aromatic heterocycles. The second-order valence-corrected chi connectivity index (χ2v) is 6.19. The van der Waals surface area contributed by atoms with Gasteiger partial charge in [0.2, 0.25) is 0 Å². The van der Waals surface area contributed by atoms with Gasteiger partial charge < -0.3 is 5.73 Å². The molecule has 19 heavy (non-hydrogen) atoms. The number of thiazole rings is 1. The Morgan fingerprint density at radius 2 is 2.11 bits per heavy atom. The van der Waals surface area contributed by atoms with Gasteiger partial charge in [-0.2, -0.15) is 8.78 Å². The Hall–Kier alpha value is -1.31. The van der Waals surface area contributed by atoms with Gasteiger partial charge in [0.25, 0.3) is 0 Å². The second-order valence-electron chi connectivity index (χ2n) is 3.73. The Labute approximate surface area is 119 Å². The molecule has 3 heterocycles. The summed E-state index contributed by atoms with van der Waals surface area (Å²) in [6, 6.07) is 4.91. The van der Waals surface area contributed by atoms with Crippen molar-refractivity contribution in [1.82, 2.24) is 9.97 Å². The van der Waals surface area contributed by atoms with Crippen LogP contribution in [0.15, 0.2) is 23.6 Å². The zero-order chi connectivity index (χ0) is 13.6. The Kier molecular flexibility index (Phi) is 2.92. The summed E-state index contributed by atoms with van der Waals surface area (Å²) in [6.07, 6.45) is 0. The number of rotatable bonds is 2. The minimum atomic E-state index is -3.48. The lowest BCUT2D eigenvalue weighted by atomic mass is 10.2. The molecule has 0 aromatic carbocycles. The van der Waals surface area contributed by atoms with E-state index in [1.54, 1.807) is 6.07 Å². The number of hydrogen-bond donors (Lipinski definition) is 1. The third kappa shape index (κ3) is 2.29. The number of thiophene rings is 1. The molecule has 0 radical (unpaired) electrons. The molecular formula is C11H6ClF2N3S2. The maximum absolute atomic E-state index is 13.5. The molecule has 2 N–H and O–H groups in total. The minimum absolute atomic E-state index is 0.188. The topological polar surface area (TPSA) is 51.8 Å². The largest absolute Gasteiger partial charge is 0.375 e. The van der Waals surface area contributed by atoms with Crippen LogP contribution in [0.1, 0.15) is 5.56 Å². The number of nitrogen functional groups attached to an aromatic ring is 1. The van der Waals surface area contributed by atoms with Crippen molar-refractivity contribution < 1.29 is 8.78 Å². The molecule has 0 atom stereocenters. The first-order valence-corrected chi connectivity index (χ1v) is 7.20. The van der Waals surface area contributed by atoms with Gasteiger partial charge in [-0.15, -0.1) is 11.3 Å².